The van der Waals surface area contributed by atoms with Gasteiger partial charge in [0, 0.05) is 6.42 Å². The molecule has 1 rings (SSSR count). The molecule has 0 aromatic rings. The summed E-state index contributed by atoms with van der Waals surface area (Å²) in [6, 6.07) is 0. The smallest absolute Gasteiger partial charge is 0.306 e. The van der Waals surface area contributed by atoms with Crippen LogP contribution in [0.25, 0.3) is 0 Å². The zero-order valence-corrected chi connectivity index (χ0v) is 14.1. The van der Waals surface area contributed by atoms with Gasteiger partial charge in [-0.25, -0.2) is 0 Å². The van der Waals surface area contributed by atoms with E-state index in [9.17, 15) is 4.79 Å². The van der Waals surface area contributed by atoms with Gasteiger partial charge in [0.15, 0.2) is 0 Å². The van der Waals surface area contributed by atoms with Gasteiger partial charge in [0.1, 0.15) is 6.10 Å². The van der Waals surface area contributed by atoms with Crippen LogP contribution in [0.15, 0.2) is 23.8 Å². The van der Waals surface area contributed by atoms with Crippen LogP contribution < -0.4 is 0 Å². The summed E-state index contributed by atoms with van der Waals surface area (Å²) in [7, 11) is 0. The normalized spacial score (nSPS) is 21.8. The summed E-state index contributed by atoms with van der Waals surface area (Å²) in [5.41, 5.74) is 2.39. The first-order valence-electron chi connectivity index (χ1n) is 8.56. The molecule has 0 aromatic heterocycles. The average molecular weight is 292 g/mol. The molecule has 120 valence electrons. The van der Waals surface area contributed by atoms with E-state index in [1.807, 2.05) is 0 Å². The number of esters is 1. The summed E-state index contributed by atoms with van der Waals surface area (Å²) in [5, 5.41) is 0. The molecule has 0 amide bonds. The second kappa shape index (κ2) is 9.81. The van der Waals surface area contributed by atoms with Crippen molar-refractivity contribution in [3.63, 3.8) is 0 Å². The molecule has 0 saturated heterocycles. The molecule has 0 heterocycles. The third kappa shape index (κ3) is 6.97. The topological polar surface area (TPSA) is 26.3 Å². The number of hydrogen-bond acceptors (Lipinski definition) is 2. The number of carbonyl (C=O) groups excluding carboxylic acids is 1. The summed E-state index contributed by atoms with van der Waals surface area (Å²) < 4.78 is 5.66. The minimum absolute atomic E-state index is 0.0342. The van der Waals surface area contributed by atoms with Crippen molar-refractivity contribution in [2.45, 2.75) is 84.7 Å². The van der Waals surface area contributed by atoms with E-state index in [1.165, 1.54) is 36.8 Å². The number of carbonyl (C=O) groups is 1. The van der Waals surface area contributed by atoms with Crippen LogP contribution >= 0.6 is 0 Å². The summed E-state index contributed by atoms with van der Waals surface area (Å²) >= 11 is 0. The monoisotopic (exact) mass is 292 g/mol. The number of allylic oxidation sites excluding steroid dienone is 2. The number of ether oxygens (including phenoxy) is 1. The standard InChI is InChI=1S/C19H32O2/c1-5-6-7-8-9-10-11-19(20)21-18-14-17(15(2)3)13-12-16(18)4/h12,17-18H,2,5-11,13-14H2,1,3-4H3/t17-,18+/m1/s1. The van der Waals surface area contributed by atoms with Gasteiger partial charge >= 0.3 is 5.97 Å². The maximum Gasteiger partial charge on any atom is 0.306 e. The molecule has 2 heteroatoms. The zero-order valence-electron chi connectivity index (χ0n) is 14.1. The first-order chi connectivity index (χ1) is 10.0. The fraction of sp³-hybridized carbons (Fsp3) is 0.737. The minimum Gasteiger partial charge on any atom is -0.458 e. The van der Waals surface area contributed by atoms with Crippen molar-refractivity contribution in [3.8, 4) is 0 Å². The highest BCUT2D eigenvalue weighted by Gasteiger charge is 2.25. The Balaban J connectivity index is 2.25. The number of rotatable bonds is 9. The Bertz CT molecular complexity index is 368. The summed E-state index contributed by atoms with van der Waals surface area (Å²) in [6.07, 6.45) is 11.9. The Morgan fingerprint density at radius 3 is 2.62 bits per heavy atom. The van der Waals surface area contributed by atoms with Crippen molar-refractivity contribution in [3.05, 3.63) is 23.8 Å². The van der Waals surface area contributed by atoms with Gasteiger partial charge in [-0.15, -0.1) is 0 Å². The molecule has 0 radical (unpaired) electrons. The van der Waals surface area contributed by atoms with Crippen LogP contribution in [0.4, 0.5) is 0 Å². The minimum atomic E-state index is -0.0365. The molecule has 0 bridgehead atoms. The lowest BCUT2D eigenvalue weighted by atomic mass is 9.84. The molecule has 0 saturated carbocycles. The summed E-state index contributed by atoms with van der Waals surface area (Å²) in [4.78, 5) is 12.0. The van der Waals surface area contributed by atoms with Gasteiger partial charge < -0.3 is 4.74 Å². The summed E-state index contributed by atoms with van der Waals surface area (Å²) in [6.45, 7) is 10.4. The molecule has 0 unspecified atom stereocenters. The van der Waals surface area contributed by atoms with E-state index in [2.05, 4.69) is 33.4 Å². The van der Waals surface area contributed by atoms with Crippen LogP contribution in [-0.4, -0.2) is 12.1 Å². The van der Waals surface area contributed by atoms with E-state index in [-0.39, 0.29) is 12.1 Å². The SMILES string of the molecule is C=C(C)[C@@H]1CC=C(C)[C@@H](OC(=O)CCCCCCCC)C1. The van der Waals surface area contributed by atoms with Crippen molar-refractivity contribution in [1.29, 1.82) is 0 Å². The second-order valence-corrected chi connectivity index (χ2v) is 6.46. The van der Waals surface area contributed by atoms with E-state index in [0.717, 1.165) is 25.7 Å². The largest absolute Gasteiger partial charge is 0.458 e. The van der Waals surface area contributed by atoms with Crippen molar-refractivity contribution in [2.75, 3.05) is 0 Å². The van der Waals surface area contributed by atoms with Crippen LogP contribution in [-0.2, 0) is 9.53 Å². The van der Waals surface area contributed by atoms with Crippen molar-refractivity contribution in [2.24, 2.45) is 5.92 Å². The number of hydrogen-bond donors (Lipinski definition) is 0. The van der Waals surface area contributed by atoms with Gasteiger partial charge in [0.05, 0.1) is 0 Å². The molecule has 1 aliphatic rings. The van der Waals surface area contributed by atoms with Crippen molar-refractivity contribution >= 4 is 5.97 Å². The van der Waals surface area contributed by atoms with Gasteiger partial charge in [-0.3, -0.25) is 4.79 Å². The summed E-state index contributed by atoms with van der Waals surface area (Å²) in [5.74, 6) is 0.422. The highest BCUT2D eigenvalue weighted by Crippen LogP contribution is 2.30. The molecule has 0 spiro atoms. The quantitative estimate of drug-likeness (QED) is 0.315. The van der Waals surface area contributed by atoms with Gasteiger partial charge in [-0.05, 0) is 44.6 Å². The molecule has 1 aliphatic carbocycles. The van der Waals surface area contributed by atoms with Crippen molar-refractivity contribution < 1.29 is 9.53 Å². The Kier molecular flexibility index (Phi) is 8.41. The predicted octanol–water partition coefficient (Wildman–Crippen LogP) is 5.58. The second-order valence-electron chi connectivity index (χ2n) is 6.46. The van der Waals surface area contributed by atoms with Crippen LogP contribution in [0.2, 0.25) is 0 Å². The average Bonchev–Trinajstić information content (AvgIpc) is 2.44. The Morgan fingerprint density at radius 1 is 1.29 bits per heavy atom. The van der Waals surface area contributed by atoms with Crippen molar-refractivity contribution in [1.82, 2.24) is 0 Å². The first-order valence-corrected chi connectivity index (χ1v) is 8.56. The lowest BCUT2D eigenvalue weighted by Gasteiger charge is -2.28. The lowest BCUT2D eigenvalue weighted by molar-refractivity contribution is -0.148. The van der Waals surface area contributed by atoms with Crippen LogP contribution in [0.3, 0.4) is 0 Å². The fourth-order valence-electron chi connectivity index (χ4n) is 2.81. The van der Waals surface area contributed by atoms with E-state index in [1.54, 1.807) is 0 Å². The third-order valence-electron chi connectivity index (χ3n) is 4.44. The maximum atomic E-state index is 12.0. The van der Waals surface area contributed by atoms with Crippen LogP contribution in [0, 0.1) is 5.92 Å². The van der Waals surface area contributed by atoms with E-state index in [0.29, 0.717) is 12.3 Å². The molecule has 21 heavy (non-hydrogen) atoms. The molecular formula is C19H32O2. The fourth-order valence-corrected chi connectivity index (χ4v) is 2.81. The zero-order chi connectivity index (χ0) is 15.7. The molecule has 0 N–H and O–H groups in total. The van der Waals surface area contributed by atoms with Crippen LogP contribution in [0.1, 0.15) is 78.6 Å². The highest BCUT2D eigenvalue weighted by atomic mass is 16.5. The Morgan fingerprint density at radius 2 is 1.95 bits per heavy atom. The lowest BCUT2D eigenvalue weighted by Crippen LogP contribution is -2.26. The third-order valence-corrected chi connectivity index (χ3v) is 4.44. The molecule has 2 atom stereocenters. The first kappa shape index (κ1) is 18.0. The van der Waals surface area contributed by atoms with E-state index >= 15 is 0 Å². The Hall–Kier alpha value is -1.05. The van der Waals surface area contributed by atoms with E-state index in [4.69, 9.17) is 4.74 Å². The van der Waals surface area contributed by atoms with Gasteiger partial charge in [-0.1, -0.05) is 57.3 Å². The Labute approximate surface area is 130 Å². The molecule has 0 aliphatic heterocycles. The van der Waals surface area contributed by atoms with E-state index < -0.39 is 0 Å². The molecule has 0 fully saturated rings. The highest BCUT2D eigenvalue weighted by molar-refractivity contribution is 5.69. The number of unbranched alkanes of at least 4 members (excludes halogenated alkanes) is 5. The maximum absolute atomic E-state index is 12.0. The molecule has 0 aromatic carbocycles. The van der Waals surface area contributed by atoms with Gasteiger partial charge in [-0.2, -0.15) is 0 Å². The molecule has 2 nitrogen and oxygen atoms in total. The van der Waals surface area contributed by atoms with Gasteiger partial charge in [0.2, 0.25) is 0 Å². The van der Waals surface area contributed by atoms with Crippen LogP contribution in [0.5, 0.6) is 0 Å². The molecular weight excluding hydrogens is 260 g/mol. The van der Waals surface area contributed by atoms with Gasteiger partial charge in [0.25, 0.3) is 0 Å². The predicted molar refractivity (Wildman–Crippen MR) is 89.2 cm³/mol.